The summed E-state index contributed by atoms with van der Waals surface area (Å²) in [5.41, 5.74) is 6.41. The van der Waals surface area contributed by atoms with Gasteiger partial charge in [0.15, 0.2) is 5.82 Å². The Kier molecular flexibility index (Phi) is 2.77. The number of nitrogens with two attached hydrogens (primary N) is 1. The standard InChI is InChI=1S/C12H17N5O/c1-7-2-4-8(5-3-7)11-15-12(18-17-11)9-6-14-16-10(9)13/h6-8H,2-5H2,1H3,(H3,13,14,16). The summed E-state index contributed by atoms with van der Waals surface area (Å²) in [6.07, 6.45) is 6.36. The van der Waals surface area contributed by atoms with Crippen LogP contribution in [0.4, 0.5) is 5.82 Å². The quantitative estimate of drug-likeness (QED) is 0.849. The molecule has 1 saturated carbocycles. The SMILES string of the molecule is CC1CCC(c2noc(-c3cn[nH]c3N)n2)CC1. The zero-order valence-corrected chi connectivity index (χ0v) is 10.4. The molecule has 1 aliphatic carbocycles. The molecule has 2 aromatic heterocycles. The third-order valence-electron chi connectivity index (χ3n) is 3.72. The largest absolute Gasteiger partial charge is 0.383 e. The molecule has 18 heavy (non-hydrogen) atoms. The molecule has 2 heterocycles. The van der Waals surface area contributed by atoms with Gasteiger partial charge >= 0.3 is 0 Å². The molecule has 0 spiro atoms. The fourth-order valence-electron chi connectivity index (χ4n) is 2.49. The Bertz CT molecular complexity index is 524. The zero-order chi connectivity index (χ0) is 12.5. The predicted octanol–water partition coefficient (Wildman–Crippen LogP) is 2.34. The smallest absolute Gasteiger partial charge is 0.263 e. The highest BCUT2D eigenvalue weighted by atomic mass is 16.5. The number of anilines is 1. The molecule has 3 rings (SSSR count). The van der Waals surface area contributed by atoms with E-state index in [-0.39, 0.29) is 0 Å². The van der Waals surface area contributed by atoms with Crippen LogP contribution in [0, 0.1) is 5.92 Å². The van der Waals surface area contributed by atoms with E-state index in [9.17, 15) is 0 Å². The Balaban J connectivity index is 1.80. The van der Waals surface area contributed by atoms with Crippen molar-refractivity contribution >= 4 is 5.82 Å². The third-order valence-corrected chi connectivity index (χ3v) is 3.72. The maximum absolute atomic E-state index is 5.73. The Morgan fingerprint density at radius 1 is 1.33 bits per heavy atom. The number of aromatic amines is 1. The first kappa shape index (κ1) is 11.3. The van der Waals surface area contributed by atoms with E-state index in [1.54, 1.807) is 6.20 Å². The van der Waals surface area contributed by atoms with Crippen molar-refractivity contribution in [1.29, 1.82) is 0 Å². The number of H-pyrrole nitrogens is 1. The maximum Gasteiger partial charge on any atom is 0.263 e. The lowest BCUT2D eigenvalue weighted by Gasteiger charge is -2.23. The van der Waals surface area contributed by atoms with Gasteiger partial charge in [-0.1, -0.05) is 24.9 Å². The number of rotatable bonds is 2. The topological polar surface area (TPSA) is 93.6 Å². The van der Waals surface area contributed by atoms with Gasteiger partial charge in [-0.15, -0.1) is 0 Å². The molecule has 96 valence electrons. The highest BCUT2D eigenvalue weighted by Gasteiger charge is 2.24. The second-order valence-electron chi connectivity index (χ2n) is 5.11. The van der Waals surface area contributed by atoms with Crippen LogP contribution in [0.3, 0.4) is 0 Å². The number of hydrogen-bond acceptors (Lipinski definition) is 5. The summed E-state index contributed by atoms with van der Waals surface area (Å²) in [5.74, 6) is 2.96. The molecule has 1 fully saturated rings. The van der Waals surface area contributed by atoms with Gasteiger partial charge in [0.25, 0.3) is 5.89 Å². The van der Waals surface area contributed by atoms with E-state index in [0.717, 1.165) is 24.6 Å². The van der Waals surface area contributed by atoms with Crippen LogP contribution in [0.5, 0.6) is 0 Å². The first-order valence-corrected chi connectivity index (χ1v) is 6.37. The first-order valence-electron chi connectivity index (χ1n) is 6.37. The summed E-state index contributed by atoms with van der Waals surface area (Å²) in [4.78, 5) is 4.44. The van der Waals surface area contributed by atoms with Crippen molar-refractivity contribution in [2.24, 2.45) is 5.92 Å². The van der Waals surface area contributed by atoms with E-state index in [1.165, 1.54) is 12.8 Å². The Morgan fingerprint density at radius 3 is 2.78 bits per heavy atom. The molecule has 6 heteroatoms. The van der Waals surface area contributed by atoms with Crippen LogP contribution in [0.15, 0.2) is 10.7 Å². The van der Waals surface area contributed by atoms with Crippen LogP contribution >= 0.6 is 0 Å². The Labute approximate surface area is 105 Å². The molecule has 0 atom stereocenters. The molecule has 0 saturated heterocycles. The first-order chi connectivity index (χ1) is 8.74. The van der Waals surface area contributed by atoms with Crippen LogP contribution in [-0.2, 0) is 0 Å². The van der Waals surface area contributed by atoms with Crippen LogP contribution in [0.1, 0.15) is 44.3 Å². The molecule has 1 aliphatic rings. The molecule has 0 radical (unpaired) electrons. The molecule has 0 unspecified atom stereocenters. The third kappa shape index (κ3) is 1.98. The average molecular weight is 247 g/mol. The minimum atomic E-state index is 0.423. The van der Waals surface area contributed by atoms with Gasteiger partial charge in [-0.05, 0) is 18.8 Å². The second kappa shape index (κ2) is 4.44. The van der Waals surface area contributed by atoms with Crippen molar-refractivity contribution in [2.45, 2.75) is 38.5 Å². The minimum Gasteiger partial charge on any atom is -0.383 e. The molecule has 2 aromatic rings. The van der Waals surface area contributed by atoms with Crippen LogP contribution in [0.2, 0.25) is 0 Å². The predicted molar refractivity (Wildman–Crippen MR) is 66.7 cm³/mol. The van der Waals surface area contributed by atoms with Crippen molar-refractivity contribution in [1.82, 2.24) is 20.3 Å². The number of aromatic nitrogens is 4. The van der Waals surface area contributed by atoms with Crippen LogP contribution < -0.4 is 5.73 Å². The van der Waals surface area contributed by atoms with Gasteiger partial charge in [0.2, 0.25) is 0 Å². The molecule has 0 aromatic carbocycles. The summed E-state index contributed by atoms with van der Waals surface area (Å²) in [5, 5.41) is 10.6. The Morgan fingerprint density at radius 2 is 2.11 bits per heavy atom. The van der Waals surface area contributed by atoms with Crippen LogP contribution in [0.25, 0.3) is 11.5 Å². The van der Waals surface area contributed by atoms with E-state index in [2.05, 4.69) is 27.3 Å². The summed E-state index contributed by atoms with van der Waals surface area (Å²) >= 11 is 0. The van der Waals surface area contributed by atoms with Gasteiger partial charge in [0.05, 0.1) is 6.20 Å². The average Bonchev–Trinajstić information content (AvgIpc) is 2.98. The number of nitrogen functional groups attached to an aromatic ring is 1. The number of nitrogens with zero attached hydrogens (tertiary/aromatic N) is 3. The van der Waals surface area contributed by atoms with Gasteiger partial charge in [0, 0.05) is 5.92 Å². The second-order valence-corrected chi connectivity index (χ2v) is 5.11. The lowest BCUT2D eigenvalue weighted by Crippen LogP contribution is -2.11. The normalized spacial score (nSPS) is 24.3. The molecule has 0 amide bonds. The lowest BCUT2D eigenvalue weighted by molar-refractivity contribution is 0.329. The molecular weight excluding hydrogens is 230 g/mol. The van der Waals surface area contributed by atoms with Gasteiger partial charge in [0.1, 0.15) is 11.4 Å². The van der Waals surface area contributed by atoms with Crippen molar-refractivity contribution in [3.8, 4) is 11.5 Å². The van der Waals surface area contributed by atoms with E-state index in [4.69, 9.17) is 10.3 Å². The minimum absolute atomic E-state index is 0.423. The van der Waals surface area contributed by atoms with Gasteiger partial charge < -0.3 is 10.3 Å². The lowest BCUT2D eigenvalue weighted by atomic mass is 9.83. The molecule has 6 nitrogen and oxygen atoms in total. The number of nitrogens with one attached hydrogen (secondary N) is 1. The molecule has 0 aliphatic heterocycles. The summed E-state index contributed by atoms with van der Waals surface area (Å²) in [6, 6.07) is 0. The van der Waals surface area contributed by atoms with Gasteiger partial charge in [-0.25, -0.2) is 0 Å². The summed E-state index contributed by atoms with van der Waals surface area (Å²) < 4.78 is 5.27. The molecular formula is C12H17N5O. The fraction of sp³-hybridized carbons (Fsp3) is 0.583. The van der Waals surface area contributed by atoms with Gasteiger partial charge in [-0.3, -0.25) is 5.10 Å². The van der Waals surface area contributed by atoms with E-state index in [1.807, 2.05) is 0 Å². The summed E-state index contributed by atoms with van der Waals surface area (Å²) in [6.45, 7) is 2.30. The highest BCUT2D eigenvalue weighted by molar-refractivity contribution is 5.65. The molecule has 0 bridgehead atoms. The van der Waals surface area contributed by atoms with Crippen molar-refractivity contribution in [3.63, 3.8) is 0 Å². The molecule has 3 N–H and O–H groups in total. The Hall–Kier alpha value is -1.85. The van der Waals surface area contributed by atoms with E-state index in [0.29, 0.717) is 23.2 Å². The van der Waals surface area contributed by atoms with Crippen molar-refractivity contribution in [2.75, 3.05) is 5.73 Å². The van der Waals surface area contributed by atoms with Crippen molar-refractivity contribution < 1.29 is 4.52 Å². The van der Waals surface area contributed by atoms with E-state index < -0.39 is 0 Å². The van der Waals surface area contributed by atoms with Crippen LogP contribution in [-0.4, -0.2) is 20.3 Å². The van der Waals surface area contributed by atoms with Gasteiger partial charge in [-0.2, -0.15) is 10.1 Å². The highest BCUT2D eigenvalue weighted by Crippen LogP contribution is 2.35. The summed E-state index contributed by atoms with van der Waals surface area (Å²) in [7, 11) is 0. The van der Waals surface area contributed by atoms with Crippen molar-refractivity contribution in [3.05, 3.63) is 12.0 Å². The number of hydrogen-bond donors (Lipinski definition) is 2. The zero-order valence-electron chi connectivity index (χ0n) is 10.4. The fourth-order valence-corrected chi connectivity index (χ4v) is 2.49. The maximum atomic E-state index is 5.73. The monoisotopic (exact) mass is 247 g/mol. The van der Waals surface area contributed by atoms with E-state index >= 15 is 0 Å².